The number of hydrogen-bond donors (Lipinski definition) is 1. The lowest BCUT2D eigenvalue weighted by Gasteiger charge is -2.25. The average Bonchev–Trinajstić information content (AvgIpc) is 2.34. The van der Waals surface area contributed by atoms with Crippen LogP contribution in [-0.2, 0) is 4.74 Å². The van der Waals surface area contributed by atoms with Crippen molar-refractivity contribution in [3.63, 3.8) is 0 Å². The van der Waals surface area contributed by atoms with Crippen molar-refractivity contribution in [2.75, 3.05) is 13.2 Å². The first-order chi connectivity index (χ1) is 8.16. The first kappa shape index (κ1) is 12.5. The van der Waals surface area contributed by atoms with Gasteiger partial charge in [0.2, 0.25) is 0 Å². The highest BCUT2D eigenvalue weighted by atomic mass is 19.1. The van der Waals surface area contributed by atoms with E-state index in [1.54, 1.807) is 13.0 Å². The molecule has 1 aromatic rings. The summed E-state index contributed by atoms with van der Waals surface area (Å²) in [6.45, 7) is 3.47. The van der Waals surface area contributed by atoms with E-state index in [4.69, 9.17) is 10.5 Å². The standard InChI is InChI=1S/C14H20FNO/c1-10-8-12(2-3-13(10)15)14(16)9-11-4-6-17-7-5-11/h2-3,8,11,14H,4-7,9,16H2,1H3. The van der Waals surface area contributed by atoms with Crippen LogP contribution < -0.4 is 5.73 Å². The highest BCUT2D eigenvalue weighted by Gasteiger charge is 2.18. The molecule has 0 amide bonds. The monoisotopic (exact) mass is 237 g/mol. The van der Waals surface area contributed by atoms with Gasteiger partial charge in [0.25, 0.3) is 0 Å². The quantitative estimate of drug-likeness (QED) is 0.877. The lowest BCUT2D eigenvalue weighted by atomic mass is 9.89. The lowest BCUT2D eigenvalue weighted by Crippen LogP contribution is -2.21. The predicted octanol–water partition coefficient (Wildman–Crippen LogP) is 2.95. The van der Waals surface area contributed by atoms with E-state index in [1.165, 1.54) is 6.07 Å². The minimum atomic E-state index is -0.160. The fourth-order valence-corrected chi connectivity index (χ4v) is 2.38. The maximum Gasteiger partial charge on any atom is 0.126 e. The number of nitrogens with two attached hydrogens (primary N) is 1. The van der Waals surface area contributed by atoms with Gasteiger partial charge < -0.3 is 10.5 Å². The Kier molecular flexibility index (Phi) is 4.13. The number of hydrogen-bond acceptors (Lipinski definition) is 2. The van der Waals surface area contributed by atoms with Gasteiger partial charge in [-0.05, 0) is 49.3 Å². The smallest absolute Gasteiger partial charge is 0.126 e. The highest BCUT2D eigenvalue weighted by Crippen LogP contribution is 2.26. The van der Waals surface area contributed by atoms with E-state index in [9.17, 15) is 4.39 Å². The minimum absolute atomic E-state index is 0.0115. The lowest BCUT2D eigenvalue weighted by molar-refractivity contribution is 0.0618. The van der Waals surface area contributed by atoms with Crippen LogP contribution >= 0.6 is 0 Å². The molecule has 2 N–H and O–H groups in total. The minimum Gasteiger partial charge on any atom is -0.381 e. The topological polar surface area (TPSA) is 35.2 Å². The van der Waals surface area contributed by atoms with Gasteiger partial charge in [0.1, 0.15) is 5.82 Å². The molecule has 1 aliphatic heterocycles. The van der Waals surface area contributed by atoms with E-state index in [0.717, 1.165) is 38.0 Å². The Morgan fingerprint density at radius 2 is 2.12 bits per heavy atom. The number of ether oxygens (including phenoxy) is 1. The molecule has 1 unspecified atom stereocenters. The van der Waals surface area contributed by atoms with Gasteiger partial charge in [-0.15, -0.1) is 0 Å². The predicted molar refractivity (Wildman–Crippen MR) is 66.2 cm³/mol. The maximum atomic E-state index is 13.2. The SMILES string of the molecule is Cc1cc(C(N)CC2CCOCC2)ccc1F. The summed E-state index contributed by atoms with van der Waals surface area (Å²) in [5, 5.41) is 0. The summed E-state index contributed by atoms with van der Waals surface area (Å²) in [4.78, 5) is 0. The number of rotatable bonds is 3. The summed E-state index contributed by atoms with van der Waals surface area (Å²) in [5.74, 6) is 0.483. The molecule has 0 aromatic heterocycles. The largest absolute Gasteiger partial charge is 0.381 e. The first-order valence-corrected chi connectivity index (χ1v) is 6.26. The van der Waals surface area contributed by atoms with Gasteiger partial charge in [0, 0.05) is 19.3 Å². The Balaban J connectivity index is 1.98. The summed E-state index contributed by atoms with van der Waals surface area (Å²) in [6.07, 6.45) is 3.15. The summed E-state index contributed by atoms with van der Waals surface area (Å²) in [5.41, 5.74) is 7.89. The zero-order valence-corrected chi connectivity index (χ0v) is 10.3. The average molecular weight is 237 g/mol. The Morgan fingerprint density at radius 3 is 2.76 bits per heavy atom. The molecule has 1 saturated heterocycles. The summed E-state index contributed by atoms with van der Waals surface area (Å²) < 4.78 is 18.5. The molecule has 2 rings (SSSR count). The molecular formula is C14H20FNO. The molecule has 3 heteroatoms. The van der Waals surface area contributed by atoms with Crippen molar-refractivity contribution >= 4 is 0 Å². The van der Waals surface area contributed by atoms with Crippen LogP contribution in [0.5, 0.6) is 0 Å². The molecule has 0 spiro atoms. The molecular weight excluding hydrogens is 217 g/mol. The molecule has 1 aromatic carbocycles. The molecule has 94 valence electrons. The first-order valence-electron chi connectivity index (χ1n) is 6.26. The van der Waals surface area contributed by atoms with E-state index < -0.39 is 0 Å². The summed E-state index contributed by atoms with van der Waals surface area (Å²) in [7, 11) is 0. The van der Waals surface area contributed by atoms with Crippen LogP contribution in [0.2, 0.25) is 0 Å². The van der Waals surface area contributed by atoms with E-state index in [0.29, 0.717) is 11.5 Å². The maximum absolute atomic E-state index is 13.2. The normalized spacial score (nSPS) is 19.2. The molecule has 1 atom stereocenters. The van der Waals surface area contributed by atoms with Gasteiger partial charge in [-0.3, -0.25) is 0 Å². The molecule has 0 saturated carbocycles. The second-order valence-corrected chi connectivity index (χ2v) is 4.91. The van der Waals surface area contributed by atoms with Crippen molar-refractivity contribution in [3.8, 4) is 0 Å². The van der Waals surface area contributed by atoms with Crippen molar-refractivity contribution in [1.82, 2.24) is 0 Å². The second kappa shape index (κ2) is 5.61. The van der Waals surface area contributed by atoms with E-state index >= 15 is 0 Å². The molecule has 1 fully saturated rings. The number of halogens is 1. The third kappa shape index (κ3) is 3.27. The summed E-state index contributed by atoms with van der Waals surface area (Å²) in [6, 6.07) is 5.18. The van der Waals surface area contributed by atoms with Crippen molar-refractivity contribution < 1.29 is 9.13 Å². The van der Waals surface area contributed by atoms with Gasteiger partial charge in [-0.25, -0.2) is 4.39 Å². The third-order valence-electron chi connectivity index (χ3n) is 3.54. The Bertz CT molecular complexity index is 374. The van der Waals surface area contributed by atoms with Crippen LogP contribution in [0, 0.1) is 18.7 Å². The van der Waals surface area contributed by atoms with Crippen LogP contribution in [0.3, 0.4) is 0 Å². The van der Waals surface area contributed by atoms with Crippen LogP contribution in [-0.4, -0.2) is 13.2 Å². The van der Waals surface area contributed by atoms with Crippen LogP contribution in [0.15, 0.2) is 18.2 Å². The van der Waals surface area contributed by atoms with Gasteiger partial charge in [-0.2, -0.15) is 0 Å². The third-order valence-corrected chi connectivity index (χ3v) is 3.54. The van der Waals surface area contributed by atoms with Gasteiger partial charge in [0.15, 0.2) is 0 Å². The van der Waals surface area contributed by atoms with Crippen molar-refractivity contribution in [3.05, 3.63) is 35.1 Å². The summed E-state index contributed by atoms with van der Waals surface area (Å²) >= 11 is 0. The van der Waals surface area contributed by atoms with Crippen molar-refractivity contribution in [2.24, 2.45) is 11.7 Å². The van der Waals surface area contributed by atoms with E-state index in [1.807, 2.05) is 6.07 Å². The Morgan fingerprint density at radius 1 is 1.41 bits per heavy atom. The fourth-order valence-electron chi connectivity index (χ4n) is 2.38. The molecule has 1 aliphatic rings. The van der Waals surface area contributed by atoms with E-state index in [2.05, 4.69) is 0 Å². The number of benzene rings is 1. The van der Waals surface area contributed by atoms with Gasteiger partial charge >= 0.3 is 0 Å². The number of aryl methyl sites for hydroxylation is 1. The fraction of sp³-hybridized carbons (Fsp3) is 0.571. The zero-order valence-electron chi connectivity index (χ0n) is 10.3. The molecule has 0 radical (unpaired) electrons. The van der Waals surface area contributed by atoms with Crippen LogP contribution in [0.4, 0.5) is 4.39 Å². The van der Waals surface area contributed by atoms with Gasteiger partial charge in [0.05, 0.1) is 0 Å². The van der Waals surface area contributed by atoms with Crippen LogP contribution in [0.1, 0.15) is 36.4 Å². The van der Waals surface area contributed by atoms with E-state index in [-0.39, 0.29) is 11.9 Å². The molecule has 17 heavy (non-hydrogen) atoms. The zero-order chi connectivity index (χ0) is 12.3. The van der Waals surface area contributed by atoms with Crippen molar-refractivity contribution in [1.29, 1.82) is 0 Å². The van der Waals surface area contributed by atoms with Crippen molar-refractivity contribution in [2.45, 2.75) is 32.2 Å². The highest BCUT2D eigenvalue weighted by molar-refractivity contribution is 5.26. The second-order valence-electron chi connectivity index (χ2n) is 4.91. The van der Waals surface area contributed by atoms with Gasteiger partial charge in [-0.1, -0.05) is 12.1 Å². The molecule has 2 nitrogen and oxygen atoms in total. The molecule has 0 bridgehead atoms. The molecule has 1 heterocycles. The van der Waals surface area contributed by atoms with Crippen LogP contribution in [0.25, 0.3) is 0 Å². The Hall–Kier alpha value is -0.930. The molecule has 0 aliphatic carbocycles. The Labute approximate surface area is 102 Å².